The zero-order valence-corrected chi connectivity index (χ0v) is 14.7. The summed E-state index contributed by atoms with van der Waals surface area (Å²) in [6.07, 6.45) is 5.87. The van der Waals surface area contributed by atoms with Crippen LogP contribution in [0.4, 0.5) is 0 Å². The Hall–Kier alpha value is -0.380. The Bertz CT molecular complexity index is 488. The number of benzene rings is 1. The zero-order valence-electron chi connectivity index (χ0n) is 13.1. The van der Waals surface area contributed by atoms with Gasteiger partial charge in [-0.05, 0) is 68.7 Å². The second-order valence-electron chi connectivity index (χ2n) is 7.23. The molecule has 0 aliphatic heterocycles. The van der Waals surface area contributed by atoms with Crippen LogP contribution >= 0.6 is 15.9 Å². The highest BCUT2D eigenvalue weighted by atomic mass is 79.9. The van der Waals surface area contributed by atoms with Crippen molar-refractivity contribution in [1.29, 1.82) is 0 Å². The van der Waals surface area contributed by atoms with Crippen LogP contribution in [-0.2, 0) is 0 Å². The van der Waals surface area contributed by atoms with Crippen LogP contribution in [0.1, 0.15) is 44.2 Å². The molecule has 3 heteroatoms. The maximum atomic E-state index is 6.31. The predicted molar refractivity (Wildman–Crippen MR) is 92.1 cm³/mol. The van der Waals surface area contributed by atoms with Crippen molar-refractivity contribution in [3.63, 3.8) is 0 Å². The van der Waals surface area contributed by atoms with Crippen molar-refractivity contribution in [1.82, 2.24) is 4.90 Å². The average molecular weight is 351 g/mol. The fraction of sp³-hybridized carbons (Fsp3) is 0.667. The van der Waals surface area contributed by atoms with Crippen LogP contribution in [0.25, 0.3) is 0 Å². The normalized spacial score (nSPS) is 30.8. The lowest BCUT2D eigenvalue weighted by atomic mass is 9.87. The van der Waals surface area contributed by atoms with Gasteiger partial charge in [-0.25, -0.2) is 0 Å². The van der Waals surface area contributed by atoms with Gasteiger partial charge in [0.05, 0.1) is 0 Å². The third-order valence-corrected chi connectivity index (χ3v) is 6.06. The number of nitrogens with zero attached hydrogens (tertiary/aromatic N) is 1. The molecule has 5 unspecified atom stereocenters. The van der Waals surface area contributed by atoms with E-state index in [2.05, 4.69) is 59.1 Å². The minimum absolute atomic E-state index is 0.142. The molecule has 0 spiro atoms. The number of nitrogens with two attached hydrogens (primary N) is 1. The van der Waals surface area contributed by atoms with Gasteiger partial charge in [0.25, 0.3) is 0 Å². The molecule has 2 fully saturated rings. The van der Waals surface area contributed by atoms with Crippen LogP contribution in [-0.4, -0.2) is 24.5 Å². The Morgan fingerprint density at radius 2 is 2.14 bits per heavy atom. The van der Waals surface area contributed by atoms with Crippen LogP contribution < -0.4 is 5.73 Å². The second kappa shape index (κ2) is 6.39. The van der Waals surface area contributed by atoms with Crippen molar-refractivity contribution < 1.29 is 0 Å². The van der Waals surface area contributed by atoms with Crippen LogP contribution in [0, 0.1) is 17.8 Å². The minimum Gasteiger partial charge on any atom is -0.326 e. The van der Waals surface area contributed by atoms with Crippen LogP contribution in [0.5, 0.6) is 0 Å². The van der Waals surface area contributed by atoms with E-state index in [1.165, 1.54) is 37.8 Å². The predicted octanol–water partition coefficient (Wildman–Crippen LogP) is 4.21. The van der Waals surface area contributed by atoms with Crippen LogP contribution in [0.3, 0.4) is 0 Å². The Kier molecular flexibility index (Phi) is 4.72. The number of likely N-dealkylation sites (N-methyl/N-ethyl adjacent to an activating group) is 1. The number of rotatable bonds is 5. The topological polar surface area (TPSA) is 29.3 Å². The molecule has 2 bridgehead atoms. The Labute approximate surface area is 137 Å². The first-order valence-corrected chi connectivity index (χ1v) is 9.05. The van der Waals surface area contributed by atoms with E-state index in [1.807, 2.05) is 0 Å². The van der Waals surface area contributed by atoms with Gasteiger partial charge < -0.3 is 5.73 Å². The summed E-state index contributed by atoms with van der Waals surface area (Å²) >= 11 is 3.58. The molecule has 21 heavy (non-hydrogen) atoms. The SMILES string of the molecule is CC(N)C(c1cccc(Br)c1)N(C)CC1CC2CCC1C2. The van der Waals surface area contributed by atoms with E-state index >= 15 is 0 Å². The summed E-state index contributed by atoms with van der Waals surface area (Å²) in [6, 6.07) is 9.06. The summed E-state index contributed by atoms with van der Waals surface area (Å²) in [5.41, 5.74) is 7.64. The minimum atomic E-state index is 0.142. The average Bonchev–Trinajstić information content (AvgIpc) is 3.00. The van der Waals surface area contributed by atoms with Crippen molar-refractivity contribution in [3.05, 3.63) is 34.3 Å². The van der Waals surface area contributed by atoms with Gasteiger partial charge in [0, 0.05) is 23.1 Å². The molecule has 0 heterocycles. The quantitative estimate of drug-likeness (QED) is 0.861. The van der Waals surface area contributed by atoms with Gasteiger partial charge in [0.15, 0.2) is 0 Å². The first-order chi connectivity index (χ1) is 10.0. The first-order valence-electron chi connectivity index (χ1n) is 8.26. The number of fused-ring (bicyclic) bond motifs is 2. The van der Waals surface area contributed by atoms with Gasteiger partial charge in [-0.3, -0.25) is 4.90 Å². The molecule has 0 saturated heterocycles. The molecule has 1 aromatic rings. The summed E-state index contributed by atoms with van der Waals surface area (Å²) in [7, 11) is 2.25. The summed E-state index contributed by atoms with van der Waals surface area (Å²) < 4.78 is 1.14. The van der Waals surface area contributed by atoms with E-state index in [4.69, 9.17) is 5.73 Å². The summed E-state index contributed by atoms with van der Waals surface area (Å²) in [5, 5.41) is 0. The Balaban J connectivity index is 1.71. The van der Waals surface area contributed by atoms with Gasteiger partial charge in [-0.15, -0.1) is 0 Å². The number of hydrogen-bond donors (Lipinski definition) is 1. The Morgan fingerprint density at radius 3 is 2.71 bits per heavy atom. The lowest BCUT2D eigenvalue weighted by Gasteiger charge is -2.35. The van der Waals surface area contributed by atoms with Gasteiger partial charge in [0.1, 0.15) is 0 Å². The molecule has 0 amide bonds. The zero-order chi connectivity index (χ0) is 15.0. The lowest BCUT2D eigenvalue weighted by molar-refractivity contribution is 0.158. The van der Waals surface area contributed by atoms with Crippen molar-refractivity contribution >= 4 is 15.9 Å². The van der Waals surface area contributed by atoms with E-state index in [-0.39, 0.29) is 6.04 Å². The van der Waals surface area contributed by atoms with Crippen molar-refractivity contribution in [2.24, 2.45) is 23.5 Å². The molecule has 0 radical (unpaired) electrons. The monoisotopic (exact) mass is 350 g/mol. The smallest absolute Gasteiger partial charge is 0.0494 e. The number of hydrogen-bond acceptors (Lipinski definition) is 2. The highest BCUT2D eigenvalue weighted by molar-refractivity contribution is 9.10. The molecular weight excluding hydrogens is 324 g/mol. The van der Waals surface area contributed by atoms with Gasteiger partial charge in [-0.2, -0.15) is 0 Å². The maximum Gasteiger partial charge on any atom is 0.0494 e. The second-order valence-corrected chi connectivity index (χ2v) is 8.15. The number of halogens is 1. The lowest BCUT2D eigenvalue weighted by Crippen LogP contribution is -2.40. The van der Waals surface area contributed by atoms with Crippen molar-refractivity contribution in [2.75, 3.05) is 13.6 Å². The van der Waals surface area contributed by atoms with E-state index in [0.717, 1.165) is 22.2 Å². The fourth-order valence-corrected chi connectivity index (χ4v) is 5.15. The molecule has 5 atom stereocenters. The molecule has 1 aromatic carbocycles. The van der Waals surface area contributed by atoms with Gasteiger partial charge in [-0.1, -0.05) is 34.5 Å². The molecular formula is C18H27BrN2. The first kappa shape index (κ1) is 15.5. The largest absolute Gasteiger partial charge is 0.326 e. The van der Waals surface area contributed by atoms with Gasteiger partial charge >= 0.3 is 0 Å². The third-order valence-electron chi connectivity index (χ3n) is 5.57. The molecule has 2 nitrogen and oxygen atoms in total. The molecule has 0 aromatic heterocycles. The Morgan fingerprint density at radius 1 is 1.33 bits per heavy atom. The highest BCUT2D eigenvalue weighted by Crippen LogP contribution is 2.48. The van der Waals surface area contributed by atoms with Crippen molar-refractivity contribution in [2.45, 2.75) is 44.7 Å². The molecule has 2 N–H and O–H groups in total. The van der Waals surface area contributed by atoms with E-state index in [1.54, 1.807) is 0 Å². The van der Waals surface area contributed by atoms with Gasteiger partial charge in [0.2, 0.25) is 0 Å². The molecule has 116 valence electrons. The summed E-state index contributed by atoms with van der Waals surface area (Å²) in [4.78, 5) is 2.50. The van der Waals surface area contributed by atoms with E-state index in [9.17, 15) is 0 Å². The molecule has 2 saturated carbocycles. The molecule has 2 aliphatic carbocycles. The summed E-state index contributed by atoms with van der Waals surface area (Å²) in [6.45, 7) is 3.32. The molecule has 3 rings (SSSR count). The fourth-order valence-electron chi connectivity index (χ4n) is 4.73. The highest BCUT2D eigenvalue weighted by Gasteiger charge is 2.40. The van der Waals surface area contributed by atoms with Crippen LogP contribution in [0.15, 0.2) is 28.7 Å². The summed E-state index contributed by atoms with van der Waals surface area (Å²) in [5.74, 6) is 2.89. The van der Waals surface area contributed by atoms with Crippen LogP contribution in [0.2, 0.25) is 0 Å². The standard InChI is InChI=1S/C18H27BrN2/c1-12(20)18(15-4-3-5-17(19)10-15)21(2)11-16-9-13-6-7-14(16)8-13/h3-5,10,12-14,16,18H,6-9,11,20H2,1-2H3. The molecule has 2 aliphatic rings. The van der Waals surface area contributed by atoms with E-state index in [0.29, 0.717) is 6.04 Å². The third kappa shape index (κ3) is 3.35. The van der Waals surface area contributed by atoms with E-state index < -0.39 is 0 Å². The van der Waals surface area contributed by atoms with Crippen molar-refractivity contribution in [3.8, 4) is 0 Å². The maximum absolute atomic E-state index is 6.31.